The van der Waals surface area contributed by atoms with Crippen LogP contribution in [-0.2, 0) is 3.79 Å². The number of benzene rings is 1. The first-order valence-corrected chi connectivity index (χ1v) is 7.68. The summed E-state index contributed by atoms with van der Waals surface area (Å²) in [5, 5.41) is 0. The molecule has 0 bridgehead atoms. The summed E-state index contributed by atoms with van der Waals surface area (Å²) in [5.74, 6) is 0. The van der Waals surface area contributed by atoms with E-state index in [1.807, 2.05) is 41.1 Å². The first-order valence-electron chi connectivity index (χ1n) is 5.75. The zero-order valence-electron chi connectivity index (χ0n) is 10.0. The fourth-order valence-electron chi connectivity index (χ4n) is 1.93. The monoisotopic (exact) mass is 388 g/mol. The molecule has 0 spiro atoms. The number of hydrogen-bond donors (Lipinski definition) is 0. The van der Waals surface area contributed by atoms with Crippen LogP contribution in [0.25, 0.3) is 16.9 Å². The van der Waals surface area contributed by atoms with E-state index in [9.17, 15) is 0 Å². The van der Waals surface area contributed by atoms with E-state index in [1.54, 1.807) is 12.1 Å². The summed E-state index contributed by atoms with van der Waals surface area (Å²) < 4.78 is 1.56. The Hall–Kier alpha value is -0.740. The number of imidazole rings is 1. The van der Waals surface area contributed by atoms with Crippen molar-refractivity contribution in [1.29, 1.82) is 0 Å². The van der Waals surface area contributed by atoms with Gasteiger partial charge in [0.2, 0.25) is 3.79 Å². The second kappa shape index (κ2) is 5.23. The fraction of sp³-hybridized carbons (Fsp3) is 0.0714. The maximum absolute atomic E-state index is 5.84. The van der Waals surface area contributed by atoms with Crippen molar-refractivity contribution in [3.8, 4) is 11.3 Å². The molecule has 0 aliphatic carbocycles. The average Bonchev–Trinajstić information content (AvgIpc) is 2.80. The van der Waals surface area contributed by atoms with Gasteiger partial charge in [-0.25, -0.2) is 4.98 Å². The Bertz CT molecular complexity index is 760. The zero-order valence-corrected chi connectivity index (χ0v) is 13.9. The molecule has 0 unspecified atom stereocenters. The van der Waals surface area contributed by atoms with Gasteiger partial charge in [-0.3, -0.25) is 0 Å². The molecule has 20 heavy (non-hydrogen) atoms. The van der Waals surface area contributed by atoms with Crippen LogP contribution >= 0.6 is 50.7 Å². The van der Waals surface area contributed by atoms with Crippen LogP contribution in [0.4, 0.5) is 0 Å². The van der Waals surface area contributed by atoms with E-state index in [0.717, 1.165) is 21.4 Å². The molecular weight excluding hydrogens is 382 g/mol. The lowest BCUT2D eigenvalue weighted by atomic mass is 10.1. The fourth-order valence-corrected chi connectivity index (χ4v) is 2.66. The normalized spacial score (nSPS) is 12.0. The van der Waals surface area contributed by atoms with Crippen LogP contribution in [0.1, 0.15) is 5.56 Å². The number of nitrogens with zero attached hydrogens (tertiary/aromatic N) is 2. The number of aromatic nitrogens is 2. The summed E-state index contributed by atoms with van der Waals surface area (Å²) in [4.78, 5) is 4.56. The third-order valence-corrected chi connectivity index (χ3v) is 4.05. The molecule has 3 aromatic rings. The van der Waals surface area contributed by atoms with Crippen LogP contribution in [0.3, 0.4) is 0 Å². The molecule has 6 heteroatoms. The topological polar surface area (TPSA) is 17.3 Å². The Labute approximate surface area is 139 Å². The maximum Gasteiger partial charge on any atom is 0.216 e. The number of fused-ring (bicyclic) bond motifs is 1. The standard InChI is InChI=1S/C14H8BrCl3N2/c15-11-5-6-13-19-12(8-20(13)7-11)9-1-3-10(4-2-9)14(16,17)18/h1-8H. The van der Waals surface area contributed by atoms with Gasteiger partial charge in [0.05, 0.1) is 5.69 Å². The van der Waals surface area contributed by atoms with E-state index in [4.69, 9.17) is 34.8 Å². The van der Waals surface area contributed by atoms with Crippen molar-refractivity contribution in [1.82, 2.24) is 9.38 Å². The molecule has 0 aliphatic rings. The maximum atomic E-state index is 5.84. The molecule has 2 heterocycles. The van der Waals surface area contributed by atoms with Gasteiger partial charge in [0, 0.05) is 28.0 Å². The van der Waals surface area contributed by atoms with Crippen LogP contribution in [-0.4, -0.2) is 9.38 Å². The highest BCUT2D eigenvalue weighted by Crippen LogP contribution is 2.38. The Morgan fingerprint density at radius 3 is 2.30 bits per heavy atom. The van der Waals surface area contributed by atoms with E-state index < -0.39 is 3.79 Å². The smallest absolute Gasteiger partial charge is 0.216 e. The van der Waals surface area contributed by atoms with Gasteiger partial charge in [0.15, 0.2) is 0 Å². The minimum Gasteiger partial charge on any atom is -0.305 e. The van der Waals surface area contributed by atoms with E-state index in [-0.39, 0.29) is 0 Å². The van der Waals surface area contributed by atoms with E-state index in [1.165, 1.54) is 0 Å². The third kappa shape index (κ3) is 2.82. The molecule has 0 fully saturated rings. The zero-order chi connectivity index (χ0) is 14.3. The van der Waals surface area contributed by atoms with Crippen LogP contribution in [0.5, 0.6) is 0 Å². The molecular formula is C14H8BrCl3N2. The lowest BCUT2D eigenvalue weighted by molar-refractivity contribution is 1.17. The number of alkyl halides is 3. The van der Waals surface area contributed by atoms with Crippen molar-refractivity contribution in [2.45, 2.75) is 3.79 Å². The van der Waals surface area contributed by atoms with Gasteiger partial charge in [0.25, 0.3) is 0 Å². The molecule has 2 nitrogen and oxygen atoms in total. The first kappa shape index (κ1) is 14.2. The molecule has 0 radical (unpaired) electrons. The highest BCUT2D eigenvalue weighted by molar-refractivity contribution is 9.10. The third-order valence-electron chi connectivity index (χ3n) is 2.92. The summed E-state index contributed by atoms with van der Waals surface area (Å²) in [6.07, 6.45) is 3.92. The van der Waals surface area contributed by atoms with Gasteiger partial charge in [-0.05, 0) is 28.1 Å². The van der Waals surface area contributed by atoms with Crippen LogP contribution in [0.2, 0.25) is 0 Å². The molecule has 0 saturated carbocycles. The predicted octanol–water partition coefficient (Wildman–Crippen LogP) is 5.59. The van der Waals surface area contributed by atoms with Crippen LogP contribution < -0.4 is 0 Å². The first-order chi connectivity index (χ1) is 9.43. The Morgan fingerprint density at radius 1 is 0.950 bits per heavy atom. The van der Waals surface area contributed by atoms with E-state index in [0.29, 0.717) is 5.56 Å². The molecule has 0 aliphatic heterocycles. The molecule has 0 amide bonds. The largest absolute Gasteiger partial charge is 0.305 e. The second-order valence-corrected chi connectivity index (χ2v) is 7.51. The van der Waals surface area contributed by atoms with Gasteiger partial charge in [-0.1, -0.05) is 59.1 Å². The summed E-state index contributed by atoms with van der Waals surface area (Å²) in [7, 11) is 0. The molecule has 0 N–H and O–H groups in total. The highest BCUT2D eigenvalue weighted by atomic mass is 79.9. The molecule has 0 saturated heterocycles. The summed E-state index contributed by atoms with van der Waals surface area (Å²) in [5.41, 5.74) is 3.37. The van der Waals surface area contributed by atoms with Gasteiger partial charge in [-0.15, -0.1) is 0 Å². The Kier molecular flexibility index (Phi) is 3.71. The van der Waals surface area contributed by atoms with Crippen molar-refractivity contribution < 1.29 is 0 Å². The molecule has 102 valence electrons. The highest BCUT2D eigenvalue weighted by Gasteiger charge is 2.22. The van der Waals surface area contributed by atoms with Crippen LogP contribution in [0, 0.1) is 0 Å². The summed E-state index contributed by atoms with van der Waals surface area (Å²) in [6.45, 7) is 0. The predicted molar refractivity (Wildman–Crippen MR) is 87.6 cm³/mol. The molecule has 2 aromatic heterocycles. The molecule has 1 aromatic carbocycles. The van der Waals surface area contributed by atoms with Crippen molar-refractivity contribution in [2.24, 2.45) is 0 Å². The van der Waals surface area contributed by atoms with Gasteiger partial charge < -0.3 is 4.40 Å². The number of rotatable bonds is 1. The van der Waals surface area contributed by atoms with Gasteiger partial charge in [0.1, 0.15) is 5.65 Å². The minimum absolute atomic E-state index is 0.637. The molecule has 0 atom stereocenters. The summed E-state index contributed by atoms with van der Waals surface area (Å²) in [6, 6.07) is 11.3. The van der Waals surface area contributed by atoms with Crippen molar-refractivity contribution >= 4 is 56.4 Å². The van der Waals surface area contributed by atoms with Crippen LogP contribution in [0.15, 0.2) is 53.3 Å². The second-order valence-electron chi connectivity index (χ2n) is 4.31. The quantitative estimate of drug-likeness (QED) is 0.495. The molecule has 3 rings (SSSR count). The number of hydrogen-bond acceptors (Lipinski definition) is 1. The SMILES string of the molecule is ClC(Cl)(Cl)c1ccc(-c2cn3cc(Br)ccc3n2)cc1. The van der Waals surface area contributed by atoms with E-state index >= 15 is 0 Å². The summed E-state index contributed by atoms with van der Waals surface area (Å²) >= 11 is 21.0. The Morgan fingerprint density at radius 2 is 1.65 bits per heavy atom. The number of pyridine rings is 1. The van der Waals surface area contributed by atoms with Crippen molar-refractivity contribution in [3.05, 3.63) is 58.8 Å². The van der Waals surface area contributed by atoms with Crippen molar-refractivity contribution in [3.63, 3.8) is 0 Å². The average molecular weight is 390 g/mol. The van der Waals surface area contributed by atoms with Gasteiger partial charge >= 0.3 is 0 Å². The minimum atomic E-state index is -1.40. The van der Waals surface area contributed by atoms with Gasteiger partial charge in [-0.2, -0.15) is 0 Å². The Balaban J connectivity index is 2.02. The lowest BCUT2D eigenvalue weighted by Crippen LogP contribution is -1.98. The van der Waals surface area contributed by atoms with E-state index in [2.05, 4.69) is 20.9 Å². The van der Waals surface area contributed by atoms with Crippen molar-refractivity contribution in [2.75, 3.05) is 0 Å². The number of halogens is 4. The lowest BCUT2D eigenvalue weighted by Gasteiger charge is -2.10.